The van der Waals surface area contributed by atoms with Gasteiger partial charge in [-0.05, 0) is 40.2 Å². The van der Waals surface area contributed by atoms with Gasteiger partial charge in [0, 0.05) is 22.4 Å². The van der Waals surface area contributed by atoms with Gasteiger partial charge in [0.05, 0.1) is 17.3 Å². The molecule has 18 heavy (non-hydrogen) atoms. The van der Waals surface area contributed by atoms with E-state index in [9.17, 15) is 0 Å². The van der Waals surface area contributed by atoms with Crippen molar-refractivity contribution in [2.45, 2.75) is 0 Å². The first-order valence-electron chi connectivity index (χ1n) is 5.32. The van der Waals surface area contributed by atoms with E-state index in [0.717, 1.165) is 31.0 Å². The second-order valence-corrected chi connectivity index (χ2v) is 5.59. The van der Waals surface area contributed by atoms with Crippen LogP contribution in [0.25, 0.3) is 20.8 Å². The van der Waals surface area contributed by atoms with Crippen LogP contribution in [0.5, 0.6) is 5.75 Å². The minimum Gasteiger partial charge on any atom is -0.497 e. The van der Waals surface area contributed by atoms with E-state index in [1.165, 1.54) is 0 Å². The average Bonchev–Trinajstić information content (AvgIpc) is 2.81. The molecule has 0 aliphatic heterocycles. The minimum absolute atomic E-state index is 0.853. The fourth-order valence-corrected chi connectivity index (χ4v) is 3.30. The molecule has 1 aromatic carbocycles. The van der Waals surface area contributed by atoms with Crippen LogP contribution in [-0.2, 0) is 0 Å². The molecule has 0 radical (unpaired) electrons. The zero-order valence-corrected chi connectivity index (χ0v) is 12.0. The van der Waals surface area contributed by atoms with Gasteiger partial charge in [0.1, 0.15) is 10.8 Å². The van der Waals surface area contributed by atoms with Gasteiger partial charge in [-0.15, -0.1) is 11.3 Å². The normalized spacial score (nSPS) is 10.8. The van der Waals surface area contributed by atoms with E-state index < -0.39 is 0 Å². The Kier molecular flexibility index (Phi) is 3.01. The maximum atomic E-state index is 5.22. The highest BCUT2D eigenvalue weighted by molar-refractivity contribution is 9.10. The molecule has 0 bridgehead atoms. The van der Waals surface area contributed by atoms with Gasteiger partial charge in [0.15, 0.2) is 0 Å². The van der Waals surface area contributed by atoms with Crippen molar-refractivity contribution in [3.8, 4) is 16.3 Å². The Morgan fingerprint density at radius 3 is 2.94 bits per heavy atom. The monoisotopic (exact) mass is 320 g/mol. The Balaban J connectivity index is 2.17. The molecule has 0 saturated heterocycles. The van der Waals surface area contributed by atoms with Crippen LogP contribution in [0.15, 0.2) is 41.1 Å². The summed E-state index contributed by atoms with van der Waals surface area (Å²) in [5, 5.41) is 0.979. The summed E-state index contributed by atoms with van der Waals surface area (Å²) in [6.45, 7) is 0. The van der Waals surface area contributed by atoms with Crippen molar-refractivity contribution >= 4 is 37.5 Å². The summed E-state index contributed by atoms with van der Waals surface area (Å²) in [5.74, 6) is 0.853. The number of hydrogen-bond acceptors (Lipinski definition) is 4. The van der Waals surface area contributed by atoms with E-state index in [1.807, 2.05) is 24.3 Å². The van der Waals surface area contributed by atoms with E-state index >= 15 is 0 Å². The topological polar surface area (TPSA) is 35.0 Å². The van der Waals surface area contributed by atoms with Crippen molar-refractivity contribution in [1.82, 2.24) is 9.97 Å². The predicted molar refractivity (Wildman–Crippen MR) is 77.1 cm³/mol. The Hall–Kier alpha value is -1.46. The highest BCUT2D eigenvalue weighted by Crippen LogP contribution is 2.35. The predicted octanol–water partition coefficient (Wildman–Crippen LogP) is 4.13. The molecule has 2 heterocycles. The van der Waals surface area contributed by atoms with Crippen LogP contribution in [0.4, 0.5) is 0 Å². The highest BCUT2D eigenvalue weighted by Gasteiger charge is 2.09. The highest BCUT2D eigenvalue weighted by atomic mass is 79.9. The lowest BCUT2D eigenvalue weighted by atomic mass is 10.3. The second-order valence-electron chi connectivity index (χ2n) is 3.71. The number of nitrogens with zero attached hydrogens (tertiary/aromatic N) is 2. The third-order valence-electron chi connectivity index (χ3n) is 2.60. The first kappa shape index (κ1) is 11.6. The summed E-state index contributed by atoms with van der Waals surface area (Å²) in [6.07, 6.45) is 3.55. The number of pyridine rings is 1. The summed E-state index contributed by atoms with van der Waals surface area (Å²) in [7, 11) is 1.67. The quantitative estimate of drug-likeness (QED) is 0.712. The standard InChI is InChI=1S/C13H9BrN2OS/c1-17-8-2-3-11-12(6-8)18-13(16-11)9-4-5-15-7-10(9)14/h2-7H,1H3. The molecule has 0 aliphatic carbocycles. The summed E-state index contributed by atoms with van der Waals surface area (Å²) in [6, 6.07) is 7.86. The molecule has 0 fully saturated rings. The molecule has 2 aromatic heterocycles. The van der Waals surface area contributed by atoms with Crippen molar-refractivity contribution in [3.05, 3.63) is 41.1 Å². The Labute approximate surface area is 117 Å². The number of halogens is 1. The second kappa shape index (κ2) is 4.66. The molecule has 0 N–H and O–H groups in total. The summed E-state index contributed by atoms with van der Waals surface area (Å²) >= 11 is 5.14. The fourth-order valence-electron chi connectivity index (χ4n) is 1.70. The van der Waals surface area contributed by atoms with Gasteiger partial charge in [-0.3, -0.25) is 4.98 Å². The molecule has 0 aliphatic rings. The maximum Gasteiger partial charge on any atom is 0.125 e. The molecule has 0 spiro atoms. The van der Waals surface area contributed by atoms with Crippen LogP contribution < -0.4 is 4.74 Å². The van der Waals surface area contributed by atoms with Gasteiger partial charge >= 0.3 is 0 Å². The number of hydrogen-bond donors (Lipinski definition) is 0. The lowest BCUT2D eigenvalue weighted by Crippen LogP contribution is -1.81. The van der Waals surface area contributed by atoms with E-state index in [2.05, 4.69) is 25.9 Å². The SMILES string of the molecule is COc1ccc2nc(-c3ccncc3Br)sc2c1. The van der Waals surface area contributed by atoms with Crippen molar-refractivity contribution in [2.75, 3.05) is 7.11 Å². The molecule has 0 atom stereocenters. The molecular weight excluding hydrogens is 312 g/mol. The van der Waals surface area contributed by atoms with Gasteiger partial charge < -0.3 is 4.74 Å². The number of rotatable bonds is 2. The Bertz CT molecular complexity index is 711. The van der Waals surface area contributed by atoms with E-state index in [-0.39, 0.29) is 0 Å². The summed E-state index contributed by atoms with van der Waals surface area (Å²) in [4.78, 5) is 8.69. The molecule has 90 valence electrons. The third kappa shape index (κ3) is 2.00. The first-order valence-corrected chi connectivity index (χ1v) is 6.93. The zero-order valence-electron chi connectivity index (χ0n) is 9.55. The van der Waals surface area contributed by atoms with Crippen molar-refractivity contribution in [3.63, 3.8) is 0 Å². The van der Waals surface area contributed by atoms with E-state index in [1.54, 1.807) is 30.8 Å². The molecule has 0 saturated carbocycles. The smallest absolute Gasteiger partial charge is 0.125 e. The van der Waals surface area contributed by atoms with Gasteiger partial charge in [0.2, 0.25) is 0 Å². The van der Waals surface area contributed by atoms with Gasteiger partial charge in [-0.25, -0.2) is 4.98 Å². The van der Waals surface area contributed by atoms with Crippen molar-refractivity contribution in [2.24, 2.45) is 0 Å². The van der Waals surface area contributed by atoms with Crippen molar-refractivity contribution in [1.29, 1.82) is 0 Å². The summed E-state index contributed by atoms with van der Waals surface area (Å²) < 4.78 is 7.29. The molecule has 0 unspecified atom stereocenters. The number of ether oxygens (including phenoxy) is 1. The van der Waals surface area contributed by atoms with Crippen LogP contribution in [0.1, 0.15) is 0 Å². The molecule has 5 heteroatoms. The molecular formula is C13H9BrN2OS. The Morgan fingerprint density at radius 1 is 1.28 bits per heavy atom. The van der Waals surface area contributed by atoms with Gasteiger partial charge in [-0.1, -0.05) is 0 Å². The minimum atomic E-state index is 0.853. The van der Waals surface area contributed by atoms with E-state index in [0.29, 0.717) is 0 Å². The Morgan fingerprint density at radius 2 is 2.17 bits per heavy atom. The number of fused-ring (bicyclic) bond motifs is 1. The van der Waals surface area contributed by atoms with Crippen LogP contribution in [0.3, 0.4) is 0 Å². The fraction of sp³-hybridized carbons (Fsp3) is 0.0769. The lowest BCUT2D eigenvalue weighted by molar-refractivity contribution is 0.415. The third-order valence-corrected chi connectivity index (χ3v) is 4.28. The van der Waals surface area contributed by atoms with Crippen LogP contribution in [0.2, 0.25) is 0 Å². The zero-order chi connectivity index (χ0) is 12.5. The number of methoxy groups -OCH3 is 1. The lowest BCUT2D eigenvalue weighted by Gasteiger charge is -1.97. The number of thiazole rings is 1. The maximum absolute atomic E-state index is 5.22. The number of benzene rings is 1. The van der Waals surface area contributed by atoms with Gasteiger partial charge in [-0.2, -0.15) is 0 Å². The first-order chi connectivity index (χ1) is 8.78. The van der Waals surface area contributed by atoms with Crippen LogP contribution in [0, 0.1) is 0 Å². The van der Waals surface area contributed by atoms with Crippen molar-refractivity contribution < 1.29 is 4.74 Å². The average molecular weight is 321 g/mol. The molecule has 3 nitrogen and oxygen atoms in total. The molecule has 3 aromatic rings. The molecule has 0 amide bonds. The molecule has 3 rings (SSSR count). The van der Waals surface area contributed by atoms with Crippen LogP contribution >= 0.6 is 27.3 Å². The largest absolute Gasteiger partial charge is 0.497 e. The van der Waals surface area contributed by atoms with E-state index in [4.69, 9.17) is 4.74 Å². The van der Waals surface area contributed by atoms with Gasteiger partial charge in [0.25, 0.3) is 0 Å². The summed E-state index contributed by atoms with van der Waals surface area (Å²) in [5.41, 5.74) is 2.05. The number of aromatic nitrogens is 2. The van der Waals surface area contributed by atoms with Crippen LogP contribution in [-0.4, -0.2) is 17.1 Å².